The summed E-state index contributed by atoms with van der Waals surface area (Å²) in [5.74, 6) is 0.228. The van der Waals surface area contributed by atoms with E-state index in [4.69, 9.17) is 0 Å². The molecule has 2 heteroatoms. The van der Waals surface area contributed by atoms with Crippen LogP contribution in [0.4, 0.5) is 0 Å². The molecular formula is C20H27NO. The number of allylic oxidation sites excluding steroid dienone is 3. The summed E-state index contributed by atoms with van der Waals surface area (Å²) < 4.78 is 0. The highest BCUT2D eigenvalue weighted by molar-refractivity contribution is 5.40. The maximum Gasteiger partial charge on any atom is 0.117 e. The first-order valence-electron chi connectivity index (χ1n) is 8.05. The number of aliphatic hydroxyl groups is 1. The zero-order valence-electron chi connectivity index (χ0n) is 13.7. The Bertz CT molecular complexity index is 538. The maximum absolute atomic E-state index is 11.7. The molecule has 0 aliphatic carbocycles. The molecule has 1 aromatic rings. The van der Waals surface area contributed by atoms with Crippen molar-refractivity contribution in [2.45, 2.75) is 25.4 Å². The van der Waals surface area contributed by atoms with E-state index in [1.165, 1.54) is 0 Å². The largest absolute Gasteiger partial charge is 0.380 e. The number of benzene rings is 1. The van der Waals surface area contributed by atoms with E-state index in [1.807, 2.05) is 55.5 Å². The van der Waals surface area contributed by atoms with Crippen LogP contribution in [0.2, 0.25) is 0 Å². The monoisotopic (exact) mass is 297 g/mol. The molecule has 1 unspecified atom stereocenters. The van der Waals surface area contributed by atoms with Gasteiger partial charge in [0.25, 0.3) is 0 Å². The highest BCUT2D eigenvalue weighted by atomic mass is 16.3. The molecule has 0 saturated carbocycles. The van der Waals surface area contributed by atoms with Crippen molar-refractivity contribution in [1.29, 1.82) is 0 Å². The van der Waals surface area contributed by atoms with E-state index in [-0.39, 0.29) is 5.92 Å². The van der Waals surface area contributed by atoms with Gasteiger partial charge >= 0.3 is 0 Å². The maximum atomic E-state index is 11.7. The van der Waals surface area contributed by atoms with Crippen molar-refractivity contribution in [2.75, 3.05) is 20.1 Å². The van der Waals surface area contributed by atoms with E-state index in [2.05, 4.69) is 18.5 Å². The van der Waals surface area contributed by atoms with Gasteiger partial charge in [0.2, 0.25) is 0 Å². The molecule has 1 aromatic carbocycles. The first-order chi connectivity index (χ1) is 10.6. The number of nitrogens with zero attached hydrogens (tertiary/aromatic N) is 1. The molecule has 0 spiro atoms. The molecule has 118 valence electrons. The Hall–Kier alpha value is -1.64. The molecule has 0 radical (unpaired) electrons. The zero-order valence-corrected chi connectivity index (χ0v) is 13.7. The first-order valence-corrected chi connectivity index (χ1v) is 8.05. The summed E-state index contributed by atoms with van der Waals surface area (Å²) in [6, 6.07) is 10.1. The quantitative estimate of drug-likeness (QED) is 0.833. The smallest absolute Gasteiger partial charge is 0.117 e. The molecule has 1 heterocycles. The molecule has 1 fully saturated rings. The van der Waals surface area contributed by atoms with Crippen molar-refractivity contribution in [3.8, 4) is 0 Å². The van der Waals surface area contributed by atoms with Crippen LogP contribution in [0.25, 0.3) is 0 Å². The Morgan fingerprint density at radius 1 is 1.27 bits per heavy atom. The van der Waals surface area contributed by atoms with Gasteiger partial charge in [-0.2, -0.15) is 0 Å². The SMILES string of the molecule is C=C/C=C\C(=C/C)C(O)(c1ccccc1)C1CCN(C)CC1. The summed E-state index contributed by atoms with van der Waals surface area (Å²) >= 11 is 0. The second-order valence-corrected chi connectivity index (χ2v) is 6.05. The minimum absolute atomic E-state index is 0.228. The van der Waals surface area contributed by atoms with Crippen molar-refractivity contribution < 1.29 is 5.11 Å². The van der Waals surface area contributed by atoms with E-state index >= 15 is 0 Å². The lowest BCUT2D eigenvalue weighted by atomic mass is 9.71. The number of piperidine rings is 1. The molecule has 0 aromatic heterocycles. The van der Waals surface area contributed by atoms with E-state index in [9.17, 15) is 5.11 Å². The van der Waals surface area contributed by atoms with Crippen LogP contribution >= 0.6 is 0 Å². The van der Waals surface area contributed by atoms with Crippen LogP contribution in [0.1, 0.15) is 25.3 Å². The van der Waals surface area contributed by atoms with E-state index in [0.29, 0.717) is 0 Å². The standard InChI is InChI=1S/C20H27NO/c1-4-6-10-17(5-2)20(22,18-11-8-7-9-12-18)19-13-15-21(3)16-14-19/h4-12,19,22H,1,13-16H2,2-3H3/b10-6-,17-5+. The van der Waals surface area contributed by atoms with Gasteiger partial charge < -0.3 is 10.0 Å². The summed E-state index contributed by atoms with van der Waals surface area (Å²) in [5.41, 5.74) is 0.996. The second kappa shape index (κ2) is 7.57. The van der Waals surface area contributed by atoms with Gasteiger partial charge in [-0.15, -0.1) is 0 Å². The predicted molar refractivity (Wildman–Crippen MR) is 93.7 cm³/mol. The third-order valence-corrected chi connectivity index (χ3v) is 4.69. The molecule has 22 heavy (non-hydrogen) atoms. The van der Waals surface area contributed by atoms with Crippen LogP contribution in [0.15, 0.2) is 66.8 Å². The zero-order chi connectivity index (χ0) is 16.0. The number of likely N-dealkylation sites (tertiary alicyclic amines) is 1. The van der Waals surface area contributed by atoms with Crippen LogP contribution in [0, 0.1) is 5.92 Å². The van der Waals surface area contributed by atoms with Gasteiger partial charge in [0.15, 0.2) is 0 Å². The van der Waals surface area contributed by atoms with Crippen LogP contribution in [-0.4, -0.2) is 30.1 Å². The summed E-state index contributed by atoms with van der Waals surface area (Å²) in [6.45, 7) is 7.79. The lowest BCUT2D eigenvalue weighted by Gasteiger charge is -2.42. The van der Waals surface area contributed by atoms with Gasteiger partial charge in [-0.1, -0.05) is 61.2 Å². The van der Waals surface area contributed by atoms with E-state index in [0.717, 1.165) is 37.1 Å². The van der Waals surface area contributed by atoms with Crippen LogP contribution in [0.3, 0.4) is 0 Å². The van der Waals surface area contributed by atoms with Crippen molar-refractivity contribution in [2.24, 2.45) is 5.92 Å². The van der Waals surface area contributed by atoms with Gasteiger partial charge in [-0.3, -0.25) is 0 Å². The van der Waals surface area contributed by atoms with Gasteiger partial charge in [0.05, 0.1) is 0 Å². The average Bonchev–Trinajstić information content (AvgIpc) is 2.56. The molecule has 1 atom stereocenters. The van der Waals surface area contributed by atoms with Crippen LogP contribution in [-0.2, 0) is 5.60 Å². The molecule has 1 N–H and O–H groups in total. The Balaban J connectivity index is 2.44. The molecule has 1 saturated heterocycles. The minimum atomic E-state index is -0.934. The van der Waals surface area contributed by atoms with Gasteiger partial charge in [-0.05, 0) is 57.0 Å². The molecule has 0 amide bonds. The van der Waals surface area contributed by atoms with E-state index in [1.54, 1.807) is 6.08 Å². The molecule has 1 aliphatic rings. The predicted octanol–water partition coefficient (Wildman–Crippen LogP) is 3.90. The third-order valence-electron chi connectivity index (χ3n) is 4.69. The number of hydrogen-bond acceptors (Lipinski definition) is 2. The van der Waals surface area contributed by atoms with Crippen LogP contribution < -0.4 is 0 Å². The van der Waals surface area contributed by atoms with E-state index < -0.39 is 5.60 Å². The minimum Gasteiger partial charge on any atom is -0.380 e. The normalized spacial score (nSPS) is 21.0. The molecule has 1 aliphatic heterocycles. The Morgan fingerprint density at radius 3 is 2.45 bits per heavy atom. The second-order valence-electron chi connectivity index (χ2n) is 6.05. The van der Waals surface area contributed by atoms with Crippen molar-refractivity contribution >= 4 is 0 Å². The number of hydrogen-bond donors (Lipinski definition) is 1. The third kappa shape index (κ3) is 3.40. The van der Waals surface area contributed by atoms with Gasteiger partial charge in [0, 0.05) is 0 Å². The fraction of sp³-hybridized carbons (Fsp3) is 0.400. The average molecular weight is 297 g/mol. The molecular weight excluding hydrogens is 270 g/mol. The van der Waals surface area contributed by atoms with Crippen molar-refractivity contribution in [3.63, 3.8) is 0 Å². The Kier molecular flexibility index (Phi) is 5.76. The summed E-state index contributed by atoms with van der Waals surface area (Å²) in [6.07, 6.45) is 9.66. The van der Waals surface area contributed by atoms with Crippen molar-refractivity contribution in [3.05, 3.63) is 72.4 Å². The fourth-order valence-corrected chi connectivity index (χ4v) is 3.37. The topological polar surface area (TPSA) is 23.5 Å². The van der Waals surface area contributed by atoms with Gasteiger partial charge in [0.1, 0.15) is 5.60 Å². The summed E-state index contributed by atoms with van der Waals surface area (Å²) in [7, 11) is 2.14. The Labute approximate surface area is 134 Å². The highest BCUT2D eigenvalue weighted by Crippen LogP contribution is 2.42. The van der Waals surface area contributed by atoms with Crippen molar-refractivity contribution in [1.82, 2.24) is 4.90 Å². The Morgan fingerprint density at radius 2 is 1.91 bits per heavy atom. The van der Waals surface area contributed by atoms with Crippen LogP contribution in [0.5, 0.6) is 0 Å². The molecule has 2 nitrogen and oxygen atoms in total. The summed E-state index contributed by atoms with van der Waals surface area (Å²) in [5, 5.41) is 11.7. The fourth-order valence-electron chi connectivity index (χ4n) is 3.37. The summed E-state index contributed by atoms with van der Waals surface area (Å²) in [4.78, 5) is 2.33. The molecule has 2 rings (SSSR count). The molecule has 0 bridgehead atoms. The lowest BCUT2D eigenvalue weighted by molar-refractivity contribution is -0.0116. The van der Waals surface area contributed by atoms with Gasteiger partial charge in [-0.25, -0.2) is 0 Å². The lowest BCUT2D eigenvalue weighted by Crippen LogP contribution is -2.43. The number of rotatable bonds is 5. The first kappa shape index (κ1) is 16.7. The highest BCUT2D eigenvalue weighted by Gasteiger charge is 2.41.